The zero-order valence-corrected chi connectivity index (χ0v) is 15.5. The Kier molecular flexibility index (Phi) is 4.81. The molecule has 0 N–H and O–H groups in total. The van der Waals surface area contributed by atoms with Crippen molar-refractivity contribution in [3.05, 3.63) is 24.3 Å². The second kappa shape index (κ2) is 6.57. The fourth-order valence-corrected chi connectivity index (χ4v) is 5.78. The maximum atomic E-state index is 12.5. The number of nitrogens with zero attached hydrogens (tertiary/aromatic N) is 2. The molecule has 8 heteroatoms. The number of benzene rings is 1. The quantitative estimate of drug-likeness (QED) is 0.810. The van der Waals surface area contributed by atoms with Crippen LogP contribution in [0.3, 0.4) is 0 Å². The molecule has 1 aromatic carbocycles. The highest BCUT2D eigenvalue weighted by atomic mass is 32.2. The summed E-state index contributed by atoms with van der Waals surface area (Å²) >= 11 is 1.62. The van der Waals surface area contributed by atoms with E-state index in [1.165, 1.54) is 0 Å². The van der Waals surface area contributed by atoms with Crippen molar-refractivity contribution in [3.63, 3.8) is 0 Å². The van der Waals surface area contributed by atoms with Crippen molar-refractivity contribution in [2.75, 3.05) is 36.6 Å². The first kappa shape index (κ1) is 17.6. The van der Waals surface area contributed by atoms with E-state index in [9.17, 15) is 13.2 Å². The highest BCUT2D eigenvalue weighted by Crippen LogP contribution is 2.47. The fourth-order valence-electron chi connectivity index (χ4n) is 3.35. The molecule has 24 heavy (non-hydrogen) atoms. The van der Waals surface area contributed by atoms with E-state index in [-0.39, 0.29) is 16.5 Å². The van der Waals surface area contributed by atoms with Gasteiger partial charge in [0.25, 0.3) is 0 Å². The van der Waals surface area contributed by atoms with Gasteiger partial charge in [-0.2, -0.15) is 0 Å². The standard InChI is InChI=1S/C16H22N2O4S2/c1-3-24(20,21)17-9-7-16(8-10-17)18(15(19)12-23-16)13-5-4-6-14(11-13)22-2/h4-6,11H,3,7-10,12H2,1-2H3. The van der Waals surface area contributed by atoms with E-state index in [1.54, 1.807) is 30.1 Å². The molecule has 2 saturated heterocycles. The zero-order chi connectivity index (χ0) is 17.4. The molecule has 3 rings (SSSR count). The van der Waals surface area contributed by atoms with Gasteiger partial charge in [0, 0.05) is 24.8 Å². The van der Waals surface area contributed by atoms with Crippen molar-refractivity contribution < 1.29 is 17.9 Å². The summed E-state index contributed by atoms with van der Waals surface area (Å²) in [7, 11) is -1.57. The average Bonchev–Trinajstić information content (AvgIpc) is 2.91. The molecular formula is C16H22N2O4S2. The van der Waals surface area contributed by atoms with Gasteiger partial charge in [0.05, 0.1) is 23.5 Å². The van der Waals surface area contributed by atoms with Crippen LogP contribution in [0, 0.1) is 0 Å². The Morgan fingerprint density at radius 1 is 1.29 bits per heavy atom. The first-order valence-electron chi connectivity index (χ1n) is 8.01. The molecule has 2 aliphatic rings. The normalized spacial score (nSPS) is 21.4. The molecule has 1 spiro atoms. The van der Waals surface area contributed by atoms with Crippen LogP contribution in [0.2, 0.25) is 0 Å². The third-order valence-corrected chi connectivity index (χ3v) is 8.10. The van der Waals surface area contributed by atoms with Crippen molar-refractivity contribution in [2.24, 2.45) is 0 Å². The van der Waals surface area contributed by atoms with Gasteiger partial charge in [-0.3, -0.25) is 9.69 Å². The number of carbonyl (C=O) groups excluding carboxylic acids is 1. The maximum absolute atomic E-state index is 12.5. The van der Waals surface area contributed by atoms with Crippen LogP contribution in [-0.4, -0.2) is 55.2 Å². The second-order valence-corrected chi connectivity index (χ2v) is 9.56. The summed E-state index contributed by atoms with van der Waals surface area (Å²) in [6.07, 6.45) is 1.28. The number of thioether (sulfide) groups is 1. The van der Waals surface area contributed by atoms with Crippen molar-refractivity contribution in [1.82, 2.24) is 4.31 Å². The lowest BCUT2D eigenvalue weighted by Crippen LogP contribution is -2.53. The van der Waals surface area contributed by atoms with E-state index in [0.29, 0.717) is 37.4 Å². The molecule has 1 aromatic rings. The lowest BCUT2D eigenvalue weighted by atomic mass is 10.0. The van der Waals surface area contributed by atoms with Gasteiger partial charge in [-0.05, 0) is 31.9 Å². The Balaban J connectivity index is 1.86. The minimum Gasteiger partial charge on any atom is -0.497 e. The summed E-state index contributed by atoms with van der Waals surface area (Å²) in [6.45, 7) is 2.57. The number of piperidine rings is 1. The highest BCUT2D eigenvalue weighted by Gasteiger charge is 2.49. The summed E-state index contributed by atoms with van der Waals surface area (Å²) in [4.78, 5) is 14.0. The van der Waals surface area contributed by atoms with Crippen molar-refractivity contribution in [1.29, 1.82) is 0 Å². The fraction of sp³-hybridized carbons (Fsp3) is 0.562. The average molecular weight is 370 g/mol. The van der Waals surface area contributed by atoms with Gasteiger partial charge >= 0.3 is 0 Å². The zero-order valence-electron chi connectivity index (χ0n) is 13.9. The van der Waals surface area contributed by atoms with Gasteiger partial charge in [-0.1, -0.05) is 6.07 Å². The smallest absolute Gasteiger partial charge is 0.238 e. The van der Waals surface area contributed by atoms with E-state index in [0.717, 1.165) is 5.69 Å². The summed E-state index contributed by atoms with van der Waals surface area (Å²) in [5, 5.41) is 0. The molecule has 2 heterocycles. The number of sulfonamides is 1. The molecular weight excluding hydrogens is 348 g/mol. The SMILES string of the molecule is CCS(=O)(=O)N1CCC2(CC1)SCC(=O)N2c1cccc(OC)c1. The van der Waals surface area contributed by atoms with Crippen LogP contribution in [-0.2, 0) is 14.8 Å². The summed E-state index contributed by atoms with van der Waals surface area (Å²) < 4.78 is 31.0. The third kappa shape index (κ3) is 3.02. The van der Waals surface area contributed by atoms with Crippen molar-refractivity contribution in [2.45, 2.75) is 24.6 Å². The Hall–Kier alpha value is -1.25. The van der Waals surface area contributed by atoms with E-state index in [1.807, 2.05) is 29.2 Å². The van der Waals surface area contributed by atoms with Crippen LogP contribution >= 0.6 is 11.8 Å². The Morgan fingerprint density at radius 2 is 2.00 bits per heavy atom. The molecule has 0 atom stereocenters. The van der Waals surface area contributed by atoms with Crippen molar-refractivity contribution >= 4 is 33.4 Å². The van der Waals surface area contributed by atoms with Crippen LogP contribution in [0.4, 0.5) is 5.69 Å². The monoisotopic (exact) mass is 370 g/mol. The Bertz CT molecular complexity index is 727. The number of rotatable bonds is 4. The number of carbonyl (C=O) groups is 1. The number of hydrogen-bond acceptors (Lipinski definition) is 5. The largest absolute Gasteiger partial charge is 0.497 e. The maximum Gasteiger partial charge on any atom is 0.238 e. The number of amides is 1. The van der Waals surface area contributed by atoms with Gasteiger partial charge in [-0.15, -0.1) is 11.8 Å². The highest BCUT2D eigenvalue weighted by molar-refractivity contribution is 8.02. The van der Waals surface area contributed by atoms with Gasteiger partial charge in [0.1, 0.15) is 5.75 Å². The minimum absolute atomic E-state index is 0.0695. The van der Waals surface area contributed by atoms with Gasteiger partial charge < -0.3 is 4.74 Å². The van der Waals surface area contributed by atoms with Gasteiger partial charge in [0.15, 0.2) is 0 Å². The predicted octanol–water partition coefficient (Wildman–Crippen LogP) is 1.92. The molecule has 2 aliphatic heterocycles. The summed E-state index contributed by atoms with van der Waals surface area (Å²) in [6, 6.07) is 7.49. The molecule has 6 nitrogen and oxygen atoms in total. The van der Waals surface area contributed by atoms with Crippen LogP contribution in [0.25, 0.3) is 0 Å². The van der Waals surface area contributed by atoms with Crippen LogP contribution in [0.15, 0.2) is 24.3 Å². The first-order chi connectivity index (χ1) is 11.4. The van der Waals surface area contributed by atoms with Crippen LogP contribution < -0.4 is 9.64 Å². The van der Waals surface area contributed by atoms with Gasteiger partial charge in [-0.25, -0.2) is 12.7 Å². The molecule has 0 unspecified atom stereocenters. The van der Waals surface area contributed by atoms with E-state index in [4.69, 9.17) is 4.74 Å². The third-order valence-electron chi connectivity index (χ3n) is 4.69. The summed E-state index contributed by atoms with van der Waals surface area (Å²) in [5.41, 5.74) is 0.816. The minimum atomic E-state index is -3.17. The molecule has 0 bridgehead atoms. The van der Waals surface area contributed by atoms with E-state index < -0.39 is 10.0 Å². The van der Waals surface area contributed by atoms with Crippen LogP contribution in [0.1, 0.15) is 19.8 Å². The van der Waals surface area contributed by atoms with Gasteiger partial charge in [0.2, 0.25) is 15.9 Å². The number of anilines is 1. The predicted molar refractivity (Wildman–Crippen MR) is 95.9 cm³/mol. The summed E-state index contributed by atoms with van der Waals surface area (Å²) in [5.74, 6) is 1.32. The molecule has 0 aliphatic carbocycles. The number of hydrogen-bond donors (Lipinski definition) is 0. The molecule has 0 aromatic heterocycles. The Morgan fingerprint density at radius 3 is 2.62 bits per heavy atom. The van der Waals surface area contributed by atoms with E-state index >= 15 is 0 Å². The first-order valence-corrected chi connectivity index (χ1v) is 10.6. The Labute approximate surface area is 147 Å². The molecule has 0 saturated carbocycles. The molecule has 2 fully saturated rings. The lowest BCUT2D eigenvalue weighted by molar-refractivity contribution is -0.116. The van der Waals surface area contributed by atoms with Crippen LogP contribution in [0.5, 0.6) is 5.75 Å². The lowest BCUT2D eigenvalue weighted by Gasteiger charge is -2.43. The number of ether oxygens (including phenoxy) is 1. The topological polar surface area (TPSA) is 66.9 Å². The van der Waals surface area contributed by atoms with E-state index in [2.05, 4.69) is 0 Å². The second-order valence-electron chi connectivity index (χ2n) is 5.97. The van der Waals surface area contributed by atoms with Crippen molar-refractivity contribution in [3.8, 4) is 5.75 Å². The molecule has 132 valence electrons. The molecule has 1 amide bonds. The molecule has 0 radical (unpaired) electrons. The number of methoxy groups -OCH3 is 1.